The lowest BCUT2D eigenvalue weighted by Gasteiger charge is -2.31. The van der Waals surface area contributed by atoms with Crippen LogP contribution in [-0.2, 0) is 22.4 Å². The maximum atomic E-state index is 12.4. The van der Waals surface area contributed by atoms with Crippen molar-refractivity contribution in [3.05, 3.63) is 41.7 Å². The van der Waals surface area contributed by atoms with Gasteiger partial charge >= 0.3 is 0 Å². The van der Waals surface area contributed by atoms with Crippen molar-refractivity contribution < 1.29 is 9.53 Å². The lowest BCUT2D eigenvalue weighted by molar-refractivity contribution is -0.138. The molecule has 1 fully saturated rings. The van der Waals surface area contributed by atoms with E-state index in [1.54, 1.807) is 12.4 Å². The number of nitrogens with one attached hydrogen (secondary N) is 1. The average Bonchev–Trinajstić information content (AvgIpc) is 3.05. The quantitative estimate of drug-likeness (QED) is 0.907. The van der Waals surface area contributed by atoms with Crippen molar-refractivity contribution in [2.45, 2.75) is 25.9 Å². The molecule has 7 nitrogen and oxygen atoms in total. The molecule has 2 aromatic heterocycles. The highest BCUT2D eigenvalue weighted by Crippen LogP contribution is 2.19. The van der Waals surface area contributed by atoms with E-state index in [-0.39, 0.29) is 12.0 Å². The number of aryl methyl sites for hydroxylation is 1. The van der Waals surface area contributed by atoms with Gasteiger partial charge in [0.15, 0.2) is 5.82 Å². The highest BCUT2D eigenvalue weighted by Gasteiger charge is 2.28. The largest absolute Gasteiger partial charge is 0.366 e. The number of morpholine rings is 1. The van der Waals surface area contributed by atoms with Crippen LogP contribution < -0.4 is 0 Å². The van der Waals surface area contributed by atoms with Crippen molar-refractivity contribution in [3.63, 3.8) is 0 Å². The van der Waals surface area contributed by atoms with Crippen molar-refractivity contribution >= 4 is 5.91 Å². The van der Waals surface area contributed by atoms with E-state index in [1.165, 1.54) is 0 Å². The van der Waals surface area contributed by atoms with Gasteiger partial charge in [0.1, 0.15) is 11.9 Å². The molecule has 1 atom stereocenters. The summed E-state index contributed by atoms with van der Waals surface area (Å²) in [5.74, 6) is 1.53. The summed E-state index contributed by atoms with van der Waals surface area (Å²) in [7, 11) is 0. The molecule has 1 saturated heterocycles. The second-order valence-corrected chi connectivity index (χ2v) is 5.23. The number of aromatic amines is 1. The lowest BCUT2D eigenvalue weighted by atomic mass is 10.1. The topological polar surface area (TPSA) is 84.0 Å². The monoisotopic (exact) mass is 301 g/mol. The van der Waals surface area contributed by atoms with E-state index in [0.29, 0.717) is 31.9 Å². The molecule has 0 spiro atoms. The summed E-state index contributed by atoms with van der Waals surface area (Å²) in [5.41, 5.74) is 0.918. The Kier molecular flexibility index (Phi) is 4.43. The van der Waals surface area contributed by atoms with Gasteiger partial charge in [-0.3, -0.25) is 14.9 Å². The Labute approximate surface area is 128 Å². The predicted octanol–water partition coefficient (Wildman–Crippen LogP) is 0.905. The summed E-state index contributed by atoms with van der Waals surface area (Å²) in [6, 6.07) is 3.75. The van der Waals surface area contributed by atoms with Crippen LogP contribution in [0.4, 0.5) is 0 Å². The molecule has 1 N–H and O–H groups in total. The van der Waals surface area contributed by atoms with Crippen molar-refractivity contribution in [2.75, 3.05) is 19.7 Å². The van der Waals surface area contributed by atoms with Crippen molar-refractivity contribution in [3.8, 4) is 0 Å². The normalized spacial score (nSPS) is 18.4. The number of amides is 1. The minimum Gasteiger partial charge on any atom is -0.366 e. The molecule has 7 heteroatoms. The minimum absolute atomic E-state index is 0.0764. The van der Waals surface area contributed by atoms with Crippen molar-refractivity contribution in [2.24, 2.45) is 0 Å². The first-order valence-corrected chi connectivity index (χ1v) is 7.45. The molecule has 0 aliphatic carbocycles. The van der Waals surface area contributed by atoms with Crippen LogP contribution in [0.25, 0.3) is 0 Å². The van der Waals surface area contributed by atoms with Gasteiger partial charge in [0, 0.05) is 25.4 Å². The van der Waals surface area contributed by atoms with Gasteiger partial charge < -0.3 is 9.64 Å². The van der Waals surface area contributed by atoms with E-state index in [1.807, 2.05) is 24.0 Å². The van der Waals surface area contributed by atoms with E-state index in [4.69, 9.17) is 4.74 Å². The molecule has 1 amide bonds. The summed E-state index contributed by atoms with van der Waals surface area (Å²) >= 11 is 0. The first kappa shape index (κ1) is 14.6. The minimum atomic E-state index is -0.261. The van der Waals surface area contributed by atoms with Crippen LogP contribution in [0.15, 0.2) is 24.5 Å². The maximum absolute atomic E-state index is 12.4. The Bertz CT molecular complexity index is 628. The third-order valence-corrected chi connectivity index (χ3v) is 3.67. The van der Waals surface area contributed by atoms with Crippen LogP contribution in [0.1, 0.15) is 30.2 Å². The van der Waals surface area contributed by atoms with E-state index in [2.05, 4.69) is 20.2 Å². The number of H-pyrrole nitrogens is 1. The molecule has 0 saturated carbocycles. The first-order valence-electron chi connectivity index (χ1n) is 7.45. The zero-order valence-corrected chi connectivity index (χ0v) is 12.5. The zero-order chi connectivity index (χ0) is 15.4. The van der Waals surface area contributed by atoms with Crippen LogP contribution in [0.2, 0.25) is 0 Å². The van der Waals surface area contributed by atoms with Crippen molar-refractivity contribution in [1.29, 1.82) is 0 Å². The fourth-order valence-electron chi connectivity index (χ4n) is 2.43. The van der Waals surface area contributed by atoms with E-state index < -0.39 is 0 Å². The van der Waals surface area contributed by atoms with Gasteiger partial charge in [-0.1, -0.05) is 13.0 Å². The SMILES string of the molecule is CCc1nc([C@@H]2CN(C(=O)Cc3cccnc3)CCO2)n[nH]1. The van der Waals surface area contributed by atoms with Crippen LogP contribution in [-0.4, -0.2) is 50.7 Å². The van der Waals surface area contributed by atoms with Crippen LogP contribution in [0.3, 0.4) is 0 Å². The molecule has 22 heavy (non-hydrogen) atoms. The number of carbonyl (C=O) groups excluding carboxylic acids is 1. The second-order valence-electron chi connectivity index (χ2n) is 5.23. The van der Waals surface area contributed by atoms with Gasteiger partial charge in [0.05, 0.1) is 19.6 Å². The maximum Gasteiger partial charge on any atom is 0.227 e. The number of pyridine rings is 1. The zero-order valence-electron chi connectivity index (χ0n) is 12.5. The second kappa shape index (κ2) is 6.65. The van der Waals surface area contributed by atoms with Gasteiger partial charge in [0.2, 0.25) is 5.91 Å². The molecule has 0 aromatic carbocycles. The average molecular weight is 301 g/mol. The standard InChI is InChI=1S/C15H19N5O2/c1-2-13-17-15(19-18-13)12-10-20(6-7-22-12)14(21)8-11-4-3-5-16-9-11/h3-5,9,12H,2,6-8,10H2,1H3,(H,17,18,19)/t12-/m0/s1. The van der Waals surface area contributed by atoms with Gasteiger partial charge in [-0.05, 0) is 11.6 Å². The summed E-state index contributed by atoms with van der Waals surface area (Å²) < 4.78 is 5.70. The molecule has 116 valence electrons. The lowest BCUT2D eigenvalue weighted by Crippen LogP contribution is -2.43. The van der Waals surface area contributed by atoms with E-state index >= 15 is 0 Å². The summed E-state index contributed by atoms with van der Waals surface area (Å²) in [4.78, 5) is 22.6. The summed E-state index contributed by atoms with van der Waals surface area (Å²) in [6.45, 7) is 3.59. The molecular formula is C15H19N5O2. The third kappa shape index (κ3) is 3.30. The van der Waals surface area contributed by atoms with Gasteiger partial charge in [-0.15, -0.1) is 0 Å². The van der Waals surface area contributed by atoms with Crippen LogP contribution >= 0.6 is 0 Å². The third-order valence-electron chi connectivity index (χ3n) is 3.67. The molecule has 1 aliphatic heterocycles. The van der Waals surface area contributed by atoms with E-state index in [0.717, 1.165) is 17.8 Å². The molecule has 2 aromatic rings. The molecule has 0 radical (unpaired) electrons. The number of ether oxygens (including phenoxy) is 1. The van der Waals surface area contributed by atoms with Crippen molar-refractivity contribution in [1.82, 2.24) is 25.1 Å². The van der Waals surface area contributed by atoms with Gasteiger partial charge in [-0.25, -0.2) is 4.98 Å². The predicted molar refractivity (Wildman–Crippen MR) is 79.0 cm³/mol. The molecule has 3 rings (SSSR count). The Hall–Kier alpha value is -2.28. The smallest absolute Gasteiger partial charge is 0.227 e. The van der Waals surface area contributed by atoms with E-state index in [9.17, 15) is 4.79 Å². The first-order chi connectivity index (χ1) is 10.8. The molecule has 3 heterocycles. The number of hydrogen-bond acceptors (Lipinski definition) is 5. The molecule has 1 aliphatic rings. The van der Waals surface area contributed by atoms with Crippen LogP contribution in [0, 0.1) is 0 Å². The number of hydrogen-bond donors (Lipinski definition) is 1. The number of aromatic nitrogens is 4. The van der Waals surface area contributed by atoms with Gasteiger partial charge in [-0.2, -0.15) is 5.10 Å². The molecule has 0 bridgehead atoms. The highest BCUT2D eigenvalue weighted by atomic mass is 16.5. The molecular weight excluding hydrogens is 282 g/mol. The van der Waals surface area contributed by atoms with Crippen LogP contribution in [0.5, 0.6) is 0 Å². The Balaban J connectivity index is 1.63. The fourth-order valence-corrected chi connectivity index (χ4v) is 2.43. The summed E-state index contributed by atoms with van der Waals surface area (Å²) in [5, 5.41) is 7.06. The summed E-state index contributed by atoms with van der Waals surface area (Å²) in [6.07, 6.45) is 4.31. The Morgan fingerprint density at radius 1 is 1.55 bits per heavy atom. The number of rotatable bonds is 4. The fraction of sp³-hybridized carbons (Fsp3) is 0.467. The number of carbonyl (C=O) groups is 1. The highest BCUT2D eigenvalue weighted by molar-refractivity contribution is 5.78. The number of nitrogens with zero attached hydrogens (tertiary/aromatic N) is 4. The Morgan fingerprint density at radius 2 is 2.45 bits per heavy atom. The van der Waals surface area contributed by atoms with Gasteiger partial charge in [0.25, 0.3) is 0 Å². The Morgan fingerprint density at radius 3 is 3.18 bits per heavy atom. The molecule has 0 unspecified atom stereocenters.